The van der Waals surface area contributed by atoms with E-state index in [0.29, 0.717) is 34.6 Å². The van der Waals surface area contributed by atoms with Crippen molar-refractivity contribution in [3.05, 3.63) is 48.4 Å². The van der Waals surface area contributed by atoms with Gasteiger partial charge in [0.1, 0.15) is 17.4 Å². The quantitative estimate of drug-likeness (QED) is 0.436. The van der Waals surface area contributed by atoms with Crippen molar-refractivity contribution in [2.45, 2.75) is 38.3 Å². The van der Waals surface area contributed by atoms with Crippen molar-refractivity contribution in [2.24, 2.45) is 11.8 Å². The molecule has 8 heteroatoms. The first kappa shape index (κ1) is 18.6. The Morgan fingerprint density at radius 2 is 2.23 bits per heavy atom. The Morgan fingerprint density at radius 3 is 3.06 bits per heavy atom. The molecule has 4 aromatic rings. The smallest absolute Gasteiger partial charge is 0.407 e. The van der Waals surface area contributed by atoms with Crippen LogP contribution in [-0.4, -0.2) is 22.2 Å². The second kappa shape index (κ2) is 7.53. The molecule has 0 radical (unpaired) electrons. The molecule has 6 rings (SSSR count). The van der Waals surface area contributed by atoms with E-state index in [9.17, 15) is 4.79 Å². The van der Waals surface area contributed by atoms with Gasteiger partial charge in [0.15, 0.2) is 5.65 Å². The van der Waals surface area contributed by atoms with Gasteiger partial charge in [-0.05, 0) is 61.8 Å². The summed E-state index contributed by atoms with van der Waals surface area (Å²) in [4.78, 5) is 20.9. The lowest BCUT2D eigenvalue weighted by atomic mass is 9.98. The minimum Gasteiger partial charge on any atom is -0.464 e. The van der Waals surface area contributed by atoms with E-state index in [1.165, 1.54) is 30.6 Å². The fourth-order valence-corrected chi connectivity index (χ4v) is 5.63. The summed E-state index contributed by atoms with van der Waals surface area (Å²) in [5.74, 6) is 1.93. The van der Waals surface area contributed by atoms with Gasteiger partial charge in [0, 0.05) is 29.8 Å². The van der Waals surface area contributed by atoms with Crippen molar-refractivity contribution in [1.29, 1.82) is 0 Å². The molecule has 3 unspecified atom stereocenters. The van der Waals surface area contributed by atoms with Gasteiger partial charge < -0.3 is 19.2 Å². The molecule has 2 aliphatic rings. The van der Waals surface area contributed by atoms with E-state index < -0.39 is 0 Å². The maximum atomic E-state index is 12.2. The number of pyridine rings is 1. The minimum atomic E-state index is -0.351. The van der Waals surface area contributed by atoms with Crippen LogP contribution >= 0.6 is 11.3 Å². The number of nitrogens with zero attached hydrogens (tertiary/aromatic N) is 2. The number of benzene rings is 1. The third-order valence-electron chi connectivity index (χ3n) is 6.33. The Kier molecular flexibility index (Phi) is 4.52. The maximum absolute atomic E-state index is 12.2. The normalized spacial score (nSPS) is 22.3. The van der Waals surface area contributed by atoms with Crippen molar-refractivity contribution >= 4 is 38.7 Å². The lowest BCUT2D eigenvalue weighted by molar-refractivity contribution is 0.0646. The van der Waals surface area contributed by atoms with E-state index in [-0.39, 0.29) is 12.2 Å². The maximum Gasteiger partial charge on any atom is 0.407 e. The molecule has 2 saturated carbocycles. The lowest BCUT2D eigenvalue weighted by Crippen LogP contribution is -2.31. The lowest BCUT2D eigenvalue weighted by Gasteiger charge is -2.21. The first-order valence-electron chi connectivity index (χ1n) is 10.6. The number of carbonyl (C=O) groups is 1. The second-order valence-electron chi connectivity index (χ2n) is 8.30. The molecule has 3 atom stereocenters. The number of thiazole rings is 1. The highest BCUT2D eigenvalue weighted by Crippen LogP contribution is 2.45. The summed E-state index contributed by atoms with van der Waals surface area (Å²) in [5, 5.41) is 4.33. The van der Waals surface area contributed by atoms with Crippen LogP contribution < -0.4 is 10.1 Å². The van der Waals surface area contributed by atoms with E-state index in [2.05, 4.69) is 15.3 Å². The van der Waals surface area contributed by atoms with Crippen LogP contribution in [0.3, 0.4) is 0 Å². The number of hydrogen-bond donors (Lipinski definition) is 1. The number of nitrogens with one attached hydrogen (secondary N) is 1. The summed E-state index contributed by atoms with van der Waals surface area (Å²) >= 11 is 1.44. The number of rotatable bonds is 5. The van der Waals surface area contributed by atoms with Gasteiger partial charge in [-0.15, -0.1) is 0 Å². The van der Waals surface area contributed by atoms with Crippen molar-refractivity contribution in [3.8, 4) is 10.9 Å². The van der Waals surface area contributed by atoms with Gasteiger partial charge >= 0.3 is 6.09 Å². The van der Waals surface area contributed by atoms with Crippen LogP contribution in [0.2, 0.25) is 0 Å². The molecule has 3 heterocycles. The average molecular weight is 436 g/mol. The van der Waals surface area contributed by atoms with Crippen LogP contribution in [0.4, 0.5) is 4.79 Å². The number of amides is 1. The zero-order valence-electron chi connectivity index (χ0n) is 16.7. The van der Waals surface area contributed by atoms with Gasteiger partial charge in [-0.2, -0.15) is 4.98 Å². The molecular formula is C23H21N3O4S. The predicted molar refractivity (Wildman–Crippen MR) is 116 cm³/mol. The van der Waals surface area contributed by atoms with Crippen LogP contribution in [0.15, 0.2) is 47.2 Å². The highest BCUT2D eigenvalue weighted by Gasteiger charge is 2.41. The SMILES string of the molecule is O=C(NCc1coc2cc(Oc3nc4ncccc4s3)ccc12)OC1CC2CCC1C2. The molecule has 0 spiro atoms. The summed E-state index contributed by atoms with van der Waals surface area (Å²) < 4.78 is 18.2. The molecule has 1 aromatic carbocycles. The molecule has 2 aliphatic carbocycles. The zero-order chi connectivity index (χ0) is 20.8. The Bertz CT molecular complexity index is 1230. The monoisotopic (exact) mass is 435 g/mol. The molecule has 3 aromatic heterocycles. The zero-order valence-corrected chi connectivity index (χ0v) is 17.6. The van der Waals surface area contributed by atoms with Crippen LogP contribution in [0.1, 0.15) is 31.2 Å². The number of fused-ring (bicyclic) bond motifs is 4. The first-order chi connectivity index (χ1) is 15.2. The van der Waals surface area contributed by atoms with E-state index in [1.807, 2.05) is 30.3 Å². The Hall–Kier alpha value is -3.13. The number of carbonyl (C=O) groups excluding carboxylic acids is 1. The number of ether oxygens (including phenoxy) is 2. The summed E-state index contributed by atoms with van der Waals surface area (Å²) in [6.07, 6.45) is 7.80. The standard InChI is InChI=1S/C23H21N3O4S/c27-22(30-18-9-13-3-4-14(18)8-13)25-11-15-12-28-19-10-16(5-6-17(15)19)29-23-26-21-20(31-23)2-1-7-24-21/h1-2,5-7,10,12-14,18H,3-4,8-9,11H2,(H,25,27). The van der Waals surface area contributed by atoms with E-state index in [1.54, 1.807) is 12.5 Å². The minimum absolute atomic E-state index is 0.0808. The molecule has 1 N–H and O–H groups in total. The van der Waals surface area contributed by atoms with Crippen LogP contribution in [0.25, 0.3) is 21.3 Å². The molecule has 0 saturated heterocycles. The van der Waals surface area contributed by atoms with Gasteiger partial charge in [0.25, 0.3) is 5.19 Å². The Morgan fingerprint density at radius 1 is 1.26 bits per heavy atom. The molecule has 1 amide bonds. The average Bonchev–Trinajstić information content (AvgIpc) is 3.55. The van der Waals surface area contributed by atoms with Gasteiger partial charge in [-0.25, -0.2) is 9.78 Å². The van der Waals surface area contributed by atoms with Gasteiger partial charge in [-0.1, -0.05) is 11.3 Å². The number of hydrogen-bond acceptors (Lipinski definition) is 7. The fourth-order valence-electron chi connectivity index (χ4n) is 4.83. The second-order valence-corrected chi connectivity index (χ2v) is 9.29. The van der Waals surface area contributed by atoms with Gasteiger partial charge in [-0.3, -0.25) is 0 Å². The molecule has 2 bridgehead atoms. The first-order valence-corrected chi connectivity index (χ1v) is 11.4. The van der Waals surface area contributed by atoms with Crippen LogP contribution in [0, 0.1) is 11.8 Å². The van der Waals surface area contributed by atoms with Crippen LogP contribution in [0.5, 0.6) is 10.9 Å². The summed E-state index contributed by atoms with van der Waals surface area (Å²) in [7, 11) is 0. The molecule has 158 valence electrons. The molecule has 2 fully saturated rings. The number of aromatic nitrogens is 2. The summed E-state index contributed by atoms with van der Waals surface area (Å²) in [5.41, 5.74) is 2.26. The summed E-state index contributed by atoms with van der Waals surface area (Å²) in [6, 6.07) is 9.46. The number of alkyl carbamates (subject to hydrolysis) is 1. The molecule has 31 heavy (non-hydrogen) atoms. The highest BCUT2D eigenvalue weighted by molar-refractivity contribution is 7.20. The fraction of sp³-hybridized carbons (Fsp3) is 0.348. The largest absolute Gasteiger partial charge is 0.464 e. The van der Waals surface area contributed by atoms with E-state index in [0.717, 1.165) is 28.0 Å². The number of furan rings is 1. The highest BCUT2D eigenvalue weighted by atomic mass is 32.1. The summed E-state index contributed by atoms with van der Waals surface area (Å²) in [6.45, 7) is 0.358. The molecule has 0 aliphatic heterocycles. The topological polar surface area (TPSA) is 86.5 Å². The van der Waals surface area contributed by atoms with Crippen molar-refractivity contribution in [2.75, 3.05) is 0 Å². The molecule has 7 nitrogen and oxygen atoms in total. The van der Waals surface area contributed by atoms with Crippen LogP contribution in [-0.2, 0) is 11.3 Å². The van der Waals surface area contributed by atoms with E-state index >= 15 is 0 Å². The van der Waals surface area contributed by atoms with Gasteiger partial charge in [0.2, 0.25) is 0 Å². The predicted octanol–water partition coefficient (Wildman–Crippen LogP) is 5.64. The Labute approximate surface area is 182 Å². The molecular weight excluding hydrogens is 414 g/mol. The third kappa shape index (κ3) is 3.61. The van der Waals surface area contributed by atoms with E-state index in [4.69, 9.17) is 13.9 Å². The Balaban J connectivity index is 1.11. The van der Waals surface area contributed by atoms with Gasteiger partial charge in [0.05, 0.1) is 11.0 Å². The van der Waals surface area contributed by atoms with Crippen molar-refractivity contribution in [1.82, 2.24) is 15.3 Å². The third-order valence-corrected chi connectivity index (χ3v) is 7.22. The van der Waals surface area contributed by atoms with Crippen molar-refractivity contribution < 1.29 is 18.7 Å². The van der Waals surface area contributed by atoms with Crippen molar-refractivity contribution in [3.63, 3.8) is 0 Å².